The van der Waals surface area contributed by atoms with E-state index in [1.54, 1.807) is 0 Å². The number of benzene rings is 1. The summed E-state index contributed by atoms with van der Waals surface area (Å²) in [5.41, 5.74) is 8.47. The van der Waals surface area contributed by atoms with Gasteiger partial charge >= 0.3 is 0 Å². The van der Waals surface area contributed by atoms with Crippen LogP contribution in [0.1, 0.15) is 36.3 Å². The first-order chi connectivity index (χ1) is 8.29. The van der Waals surface area contributed by atoms with Gasteiger partial charge < -0.3 is 10.6 Å². The number of aryl methyl sites for hydroxylation is 1. The molecule has 1 aromatic carbocycles. The summed E-state index contributed by atoms with van der Waals surface area (Å²) in [6.45, 7) is 3.27. The molecule has 94 valence electrons. The lowest BCUT2D eigenvalue weighted by molar-refractivity contribution is 0.411. The molecule has 0 amide bonds. The molecule has 0 bridgehead atoms. The van der Waals surface area contributed by atoms with Gasteiger partial charge in [-0.25, -0.2) is 0 Å². The highest BCUT2D eigenvalue weighted by Crippen LogP contribution is 2.26. The van der Waals surface area contributed by atoms with E-state index in [0.29, 0.717) is 0 Å². The lowest BCUT2D eigenvalue weighted by atomic mass is 9.96. The summed E-state index contributed by atoms with van der Waals surface area (Å²) >= 11 is 0. The Kier molecular flexibility index (Phi) is 4.57. The largest absolute Gasteiger partial charge is 0.330 e. The Bertz CT molecular complexity index is 331. The highest BCUT2D eigenvalue weighted by molar-refractivity contribution is 5.26. The monoisotopic (exact) mass is 232 g/mol. The fourth-order valence-electron chi connectivity index (χ4n) is 2.64. The van der Waals surface area contributed by atoms with Crippen molar-refractivity contribution >= 4 is 0 Å². The van der Waals surface area contributed by atoms with E-state index >= 15 is 0 Å². The van der Waals surface area contributed by atoms with Gasteiger partial charge in [0, 0.05) is 6.54 Å². The van der Waals surface area contributed by atoms with Gasteiger partial charge in [-0.2, -0.15) is 0 Å². The van der Waals surface area contributed by atoms with Crippen LogP contribution in [0, 0.1) is 0 Å². The van der Waals surface area contributed by atoms with Crippen LogP contribution in [0.2, 0.25) is 0 Å². The number of likely N-dealkylation sites (N-methyl/N-ethyl adjacent to an activating group) is 1. The number of rotatable bonds is 5. The number of hydrogen-bond donors (Lipinski definition) is 1. The summed E-state index contributed by atoms with van der Waals surface area (Å²) in [5, 5.41) is 0. The van der Waals surface area contributed by atoms with Crippen molar-refractivity contribution in [2.45, 2.75) is 31.6 Å². The predicted molar refractivity (Wildman–Crippen MR) is 73.3 cm³/mol. The van der Waals surface area contributed by atoms with Gasteiger partial charge in [-0.1, -0.05) is 24.3 Å². The van der Waals surface area contributed by atoms with Crippen molar-refractivity contribution in [3.05, 3.63) is 35.4 Å². The van der Waals surface area contributed by atoms with Crippen molar-refractivity contribution in [1.82, 2.24) is 4.90 Å². The Labute approximate surface area is 105 Å². The van der Waals surface area contributed by atoms with Gasteiger partial charge in [0.2, 0.25) is 0 Å². The summed E-state index contributed by atoms with van der Waals surface area (Å²) in [6, 6.07) is 9.23. The maximum absolute atomic E-state index is 5.51. The van der Waals surface area contributed by atoms with Gasteiger partial charge in [0.25, 0.3) is 0 Å². The van der Waals surface area contributed by atoms with Crippen LogP contribution >= 0.6 is 0 Å². The van der Waals surface area contributed by atoms with E-state index < -0.39 is 0 Å². The lowest BCUT2D eigenvalue weighted by Gasteiger charge is -2.11. The molecule has 1 heterocycles. The first kappa shape index (κ1) is 12.6. The zero-order chi connectivity index (χ0) is 12.1. The second-order valence-corrected chi connectivity index (χ2v) is 5.24. The Morgan fingerprint density at radius 1 is 1.24 bits per heavy atom. The maximum Gasteiger partial charge on any atom is 0.00477 e. The number of unbranched alkanes of at least 4 members (excludes halogenated alkanes) is 1. The number of nitrogens with two attached hydrogens (primary N) is 1. The molecule has 1 aliphatic heterocycles. The van der Waals surface area contributed by atoms with Crippen LogP contribution in [0.15, 0.2) is 24.3 Å². The summed E-state index contributed by atoms with van der Waals surface area (Å²) in [4.78, 5) is 2.42. The van der Waals surface area contributed by atoms with E-state index in [-0.39, 0.29) is 0 Å². The standard InChI is InChI=1S/C15H24N2/c1-17-11-9-15(12-17)14-7-5-13(6-8-14)4-2-3-10-16/h5-8,15H,2-4,9-12,16H2,1H3. The van der Waals surface area contributed by atoms with Gasteiger partial charge in [-0.15, -0.1) is 0 Å². The van der Waals surface area contributed by atoms with Crippen LogP contribution in [0.25, 0.3) is 0 Å². The third-order valence-corrected chi connectivity index (χ3v) is 3.76. The summed E-state index contributed by atoms with van der Waals surface area (Å²) in [5.74, 6) is 0.748. The van der Waals surface area contributed by atoms with E-state index in [1.807, 2.05) is 0 Å². The third kappa shape index (κ3) is 3.55. The van der Waals surface area contributed by atoms with Gasteiger partial charge in [0.1, 0.15) is 0 Å². The molecule has 0 spiro atoms. The molecular formula is C15H24N2. The molecule has 2 N–H and O–H groups in total. The van der Waals surface area contributed by atoms with Crippen LogP contribution in [0.4, 0.5) is 0 Å². The quantitative estimate of drug-likeness (QED) is 0.790. The molecular weight excluding hydrogens is 208 g/mol. The number of hydrogen-bond acceptors (Lipinski definition) is 2. The molecule has 17 heavy (non-hydrogen) atoms. The molecule has 0 radical (unpaired) electrons. The van der Waals surface area contributed by atoms with Gasteiger partial charge in [-0.3, -0.25) is 0 Å². The molecule has 1 aliphatic rings. The Morgan fingerprint density at radius 2 is 2.00 bits per heavy atom. The molecule has 0 aromatic heterocycles. The molecule has 0 saturated carbocycles. The van der Waals surface area contributed by atoms with Crippen molar-refractivity contribution in [2.75, 3.05) is 26.7 Å². The van der Waals surface area contributed by atoms with Gasteiger partial charge in [0.05, 0.1) is 0 Å². The fraction of sp³-hybridized carbons (Fsp3) is 0.600. The Balaban J connectivity index is 1.89. The minimum Gasteiger partial charge on any atom is -0.330 e. The first-order valence-corrected chi connectivity index (χ1v) is 6.77. The minimum atomic E-state index is 0.748. The van der Waals surface area contributed by atoms with Crippen LogP contribution in [0.3, 0.4) is 0 Å². The van der Waals surface area contributed by atoms with Gasteiger partial charge in [-0.05, 0) is 62.9 Å². The Hall–Kier alpha value is -0.860. The molecule has 1 saturated heterocycles. The molecule has 2 rings (SSSR count). The number of likely N-dealkylation sites (tertiary alicyclic amines) is 1. The molecule has 1 aromatic rings. The summed E-state index contributed by atoms with van der Waals surface area (Å²) < 4.78 is 0. The molecule has 1 unspecified atom stereocenters. The molecule has 1 atom stereocenters. The van der Waals surface area contributed by atoms with E-state index in [0.717, 1.165) is 18.9 Å². The van der Waals surface area contributed by atoms with E-state index in [1.165, 1.54) is 43.5 Å². The van der Waals surface area contributed by atoms with E-state index in [9.17, 15) is 0 Å². The van der Waals surface area contributed by atoms with Crippen molar-refractivity contribution in [3.8, 4) is 0 Å². The van der Waals surface area contributed by atoms with Crippen molar-refractivity contribution in [1.29, 1.82) is 0 Å². The second-order valence-electron chi connectivity index (χ2n) is 5.24. The summed E-state index contributed by atoms with van der Waals surface area (Å²) in [6.07, 6.45) is 4.82. The van der Waals surface area contributed by atoms with Crippen molar-refractivity contribution in [2.24, 2.45) is 5.73 Å². The smallest absolute Gasteiger partial charge is 0.00477 e. The summed E-state index contributed by atoms with van der Waals surface area (Å²) in [7, 11) is 2.21. The zero-order valence-electron chi connectivity index (χ0n) is 10.9. The molecule has 2 heteroatoms. The number of nitrogens with zero attached hydrogens (tertiary/aromatic N) is 1. The van der Waals surface area contributed by atoms with E-state index in [4.69, 9.17) is 5.73 Å². The maximum atomic E-state index is 5.51. The highest BCUT2D eigenvalue weighted by Gasteiger charge is 2.20. The first-order valence-electron chi connectivity index (χ1n) is 6.77. The van der Waals surface area contributed by atoms with Crippen LogP contribution in [-0.4, -0.2) is 31.6 Å². The van der Waals surface area contributed by atoms with E-state index in [2.05, 4.69) is 36.2 Å². The van der Waals surface area contributed by atoms with Crippen molar-refractivity contribution in [3.63, 3.8) is 0 Å². The van der Waals surface area contributed by atoms with Crippen LogP contribution < -0.4 is 5.73 Å². The molecule has 0 aliphatic carbocycles. The molecule has 1 fully saturated rings. The normalized spacial score (nSPS) is 20.9. The predicted octanol–water partition coefficient (Wildman–Crippen LogP) is 2.39. The van der Waals surface area contributed by atoms with Crippen LogP contribution in [-0.2, 0) is 6.42 Å². The zero-order valence-corrected chi connectivity index (χ0v) is 10.9. The van der Waals surface area contributed by atoms with Crippen molar-refractivity contribution < 1.29 is 0 Å². The second kappa shape index (κ2) is 6.18. The average Bonchev–Trinajstić information content (AvgIpc) is 2.77. The fourth-order valence-corrected chi connectivity index (χ4v) is 2.64. The average molecular weight is 232 g/mol. The minimum absolute atomic E-state index is 0.748. The topological polar surface area (TPSA) is 29.3 Å². The lowest BCUT2D eigenvalue weighted by Crippen LogP contribution is -2.13. The third-order valence-electron chi connectivity index (χ3n) is 3.76. The molecule has 2 nitrogen and oxygen atoms in total. The van der Waals surface area contributed by atoms with Crippen LogP contribution in [0.5, 0.6) is 0 Å². The highest BCUT2D eigenvalue weighted by atomic mass is 15.1. The SMILES string of the molecule is CN1CCC(c2ccc(CCCCN)cc2)C1. The van der Waals surface area contributed by atoms with Gasteiger partial charge in [0.15, 0.2) is 0 Å². The Morgan fingerprint density at radius 3 is 2.59 bits per heavy atom.